The molecule has 128 valence electrons. The Morgan fingerprint density at radius 2 is 1.74 bits per heavy atom. The highest BCUT2D eigenvalue weighted by Crippen LogP contribution is 2.05. The van der Waals surface area contributed by atoms with Crippen molar-refractivity contribution in [1.82, 2.24) is 10.6 Å². The smallest absolute Gasteiger partial charge is 0.275 e. The Hall–Kier alpha value is -1.95. The number of nitrogens with one attached hydrogen (secondary N) is 3. The van der Waals surface area contributed by atoms with Crippen molar-refractivity contribution in [3.05, 3.63) is 35.6 Å². The van der Waals surface area contributed by atoms with Crippen LogP contribution in [-0.4, -0.2) is 37.0 Å². The molecule has 0 aliphatic carbocycles. The van der Waals surface area contributed by atoms with Crippen LogP contribution in [0.2, 0.25) is 0 Å². The number of carbonyl (C=O) groups excluding carboxylic acids is 2. The van der Waals surface area contributed by atoms with Crippen LogP contribution in [0.3, 0.4) is 0 Å². The number of hydrogen-bond donors (Lipinski definition) is 3. The molecule has 3 N–H and O–H groups in total. The molecule has 0 heterocycles. The normalized spacial score (nSPS) is 12.6. The molecule has 5 nitrogen and oxygen atoms in total. The van der Waals surface area contributed by atoms with Crippen LogP contribution in [0.5, 0.6) is 0 Å². The minimum Gasteiger partial charge on any atom is -0.347 e. The molecule has 0 saturated heterocycles. The van der Waals surface area contributed by atoms with Gasteiger partial charge in [-0.3, -0.25) is 9.59 Å². The minimum atomic E-state index is -0.336. The molecule has 1 unspecified atom stereocenters. The topological polar surface area (TPSA) is 62.6 Å². The molecule has 1 rings (SSSR count). The van der Waals surface area contributed by atoms with Crippen LogP contribution >= 0.6 is 0 Å². The molecule has 0 spiro atoms. The summed E-state index contributed by atoms with van der Waals surface area (Å²) >= 11 is 0. The van der Waals surface area contributed by atoms with Gasteiger partial charge in [-0.1, -0.05) is 18.2 Å². The first-order chi connectivity index (χ1) is 10.7. The Kier molecular flexibility index (Phi) is 7.16. The number of carbonyl (C=O) groups is 2. The summed E-state index contributed by atoms with van der Waals surface area (Å²) in [4.78, 5) is 24.8. The number of likely N-dealkylation sites (N-methyl/N-ethyl adjacent to an activating group) is 1. The fourth-order valence-corrected chi connectivity index (χ4v) is 2.13. The van der Waals surface area contributed by atoms with Crippen LogP contribution in [0.1, 0.15) is 33.3 Å². The summed E-state index contributed by atoms with van der Waals surface area (Å²) in [6.07, 6.45) is 0. The standard InChI is InChI=1S/C17H26FN3O2/c1-5-21(12-16(23)20-17(2,3)4)11-15(22)19-10-13-8-6-7-9-14(13)18/h6-9H,5,10-12H2,1-4H3,(H,19,22)(H,20,23)/p+1. The summed E-state index contributed by atoms with van der Waals surface area (Å²) in [5.74, 6) is -0.623. The number of quaternary nitrogens is 1. The number of rotatable bonds is 7. The molecule has 0 aliphatic heterocycles. The molecule has 2 amide bonds. The van der Waals surface area contributed by atoms with Gasteiger partial charge in [0.1, 0.15) is 5.82 Å². The van der Waals surface area contributed by atoms with E-state index in [1.54, 1.807) is 18.2 Å². The Balaban J connectivity index is 2.44. The van der Waals surface area contributed by atoms with E-state index in [0.717, 1.165) is 4.90 Å². The quantitative estimate of drug-likeness (QED) is 0.674. The van der Waals surface area contributed by atoms with E-state index < -0.39 is 0 Å². The van der Waals surface area contributed by atoms with Crippen LogP contribution in [0.4, 0.5) is 4.39 Å². The molecule has 1 atom stereocenters. The van der Waals surface area contributed by atoms with E-state index in [9.17, 15) is 14.0 Å². The van der Waals surface area contributed by atoms with Crippen molar-refractivity contribution in [2.75, 3.05) is 19.6 Å². The van der Waals surface area contributed by atoms with Crippen LogP contribution < -0.4 is 15.5 Å². The molecule has 0 aromatic heterocycles. The van der Waals surface area contributed by atoms with Gasteiger partial charge in [-0.25, -0.2) is 4.39 Å². The Bertz CT molecular complexity index is 541. The van der Waals surface area contributed by atoms with Gasteiger partial charge >= 0.3 is 0 Å². The van der Waals surface area contributed by atoms with Crippen molar-refractivity contribution in [2.24, 2.45) is 0 Å². The molecule has 0 aliphatic rings. The summed E-state index contributed by atoms with van der Waals surface area (Å²) in [5, 5.41) is 5.58. The lowest BCUT2D eigenvalue weighted by atomic mass is 10.1. The van der Waals surface area contributed by atoms with Crippen molar-refractivity contribution in [3.63, 3.8) is 0 Å². The third-order valence-electron chi connectivity index (χ3n) is 3.27. The van der Waals surface area contributed by atoms with E-state index >= 15 is 0 Å². The van der Waals surface area contributed by atoms with Gasteiger partial charge < -0.3 is 15.5 Å². The van der Waals surface area contributed by atoms with E-state index in [4.69, 9.17) is 0 Å². The van der Waals surface area contributed by atoms with Crippen LogP contribution in [-0.2, 0) is 16.1 Å². The maximum absolute atomic E-state index is 13.5. The van der Waals surface area contributed by atoms with Gasteiger partial charge in [0.15, 0.2) is 13.1 Å². The third-order valence-corrected chi connectivity index (χ3v) is 3.27. The van der Waals surface area contributed by atoms with E-state index in [1.807, 2.05) is 27.7 Å². The lowest BCUT2D eigenvalue weighted by Crippen LogP contribution is -3.14. The predicted octanol–water partition coefficient (Wildman–Crippen LogP) is 0.261. The van der Waals surface area contributed by atoms with E-state index in [2.05, 4.69) is 10.6 Å². The molecule has 0 saturated carbocycles. The summed E-state index contributed by atoms with van der Waals surface area (Å²) < 4.78 is 13.5. The zero-order chi connectivity index (χ0) is 17.5. The maximum atomic E-state index is 13.5. The average molecular weight is 324 g/mol. The second kappa shape index (κ2) is 8.62. The first-order valence-electron chi connectivity index (χ1n) is 7.86. The average Bonchev–Trinajstić information content (AvgIpc) is 2.43. The molecule has 0 bridgehead atoms. The van der Waals surface area contributed by atoms with Crippen molar-refractivity contribution < 1.29 is 18.9 Å². The van der Waals surface area contributed by atoms with Gasteiger partial charge in [0.25, 0.3) is 11.8 Å². The minimum absolute atomic E-state index is 0.0868. The third kappa shape index (κ3) is 7.74. The van der Waals surface area contributed by atoms with Crippen LogP contribution in [0.25, 0.3) is 0 Å². The van der Waals surface area contributed by atoms with Gasteiger partial charge in [-0.15, -0.1) is 0 Å². The largest absolute Gasteiger partial charge is 0.347 e. The Morgan fingerprint density at radius 1 is 1.13 bits per heavy atom. The molecule has 1 aromatic carbocycles. The van der Waals surface area contributed by atoms with E-state index in [-0.39, 0.29) is 42.8 Å². The monoisotopic (exact) mass is 324 g/mol. The van der Waals surface area contributed by atoms with Crippen molar-refractivity contribution >= 4 is 11.8 Å². The van der Waals surface area contributed by atoms with Crippen LogP contribution in [0.15, 0.2) is 24.3 Å². The highest BCUT2D eigenvalue weighted by atomic mass is 19.1. The zero-order valence-corrected chi connectivity index (χ0v) is 14.3. The highest BCUT2D eigenvalue weighted by molar-refractivity contribution is 5.79. The van der Waals surface area contributed by atoms with Crippen molar-refractivity contribution in [2.45, 2.75) is 39.8 Å². The Labute approximate surface area is 137 Å². The lowest BCUT2D eigenvalue weighted by Gasteiger charge is -2.23. The first-order valence-corrected chi connectivity index (χ1v) is 7.86. The fourth-order valence-electron chi connectivity index (χ4n) is 2.13. The van der Waals surface area contributed by atoms with E-state index in [1.165, 1.54) is 6.07 Å². The highest BCUT2D eigenvalue weighted by Gasteiger charge is 2.20. The molecule has 1 aromatic rings. The fraction of sp³-hybridized carbons (Fsp3) is 0.529. The van der Waals surface area contributed by atoms with Gasteiger partial charge in [0.2, 0.25) is 0 Å². The molecule has 0 fully saturated rings. The Morgan fingerprint density at radius 3 is 2.30 bits per heavy atom. The summed E-state index contributed by atoms with van der Waals surface area (Å²) in [6.45, 7) is 8.89. The van der Waals surface area contributed by atoms with Gasteiger partial charge in [-0.05, 0) is 33.8 Å². The number of benzene rings is 1. The molecule has 0 radical (unpaired) electrons. The summed E-state index contributed by atoms with van der Waals surface area (Å²) in [7, 11) is 0. The van der Waals surface area contributed by atoms with Gasteiger partial charge in [0.05, 0.1) is 6.54 Å². The second-order valence-electron chi connectivity index (χ2n) is 6.62. The predicted molar refractivity (Wildman–Crippen MR) is 87.4 cm³/mol. The second-order valence-corrected chi connectivity index (χ2v) is 6.62. The van der Waals surface area contributed by atoms with E-state index in [0.29, 0.717) is 12.1 Å². The summed E-state index contributed by atoms with van der Waals surface area (Å²) in [5.41, 5.74) is 0.160. The number of amides is 2. The van der Waals surface area contributed by atoms with Gasteiger partial charge in [0, 0.05) is 17.6 Å². The molecule has 6 heteroatoms. The lowest BCUT2D eigenvalue weighted by molar-refractivity contribution is -0.881. The SMILES string of the molecule is CC[NH+](CC(=O)NCc1ccccc1F)CC(=O)NC(C)(C)C. The van der Waals surface area contributed by atoms with Crippen molar-refractivity contribution in [1.29, 1.82) is 0 Å². The zero-order valence-electron chi connectivity index (χ0n) is 14.3. The first kappa shape index (κ1) is 19.1. The molecular formula is C17H27FN3O2+. The summed E-state index contributed by atoms with van der Waals surface area (Å²) in [6, 6.07) is 6.33. The number of hydrogen-bond acceptors (Lipinski definition) is 2. The molecular weight excluding hydrogens is 297 g/mol. The van der Waals surface area contributed by atoms with Crippen LogP contribution in [0, 0.1) is 5.82 Å². The maximum Gasteiger partial charge on any atom is 0.275 e. The number of halogens is 1. The van der Waals surface area contributed by atoms with Gasteiger partial charge in [-0.2, -0.15) is 0 Å². The molecule has 23 heavy (non-hydrogen) atoms. The van der Waals surface area contributed by atoms with Crippen molar-refractivity contribution in [3.8, 4) is 0 Å².